The van der Waals surface area contributed by atoms with Gasteiger partial charge < -0.3 is 20.7 Å². The standard InChI is InChI=1S/C21H31N3O4/c1-20(2,3)28-19(27)24-10-4-5-12(24)11-23-18(26)16-14-7-6-13(15(16)17(22)25)21(14)8-9-21/h6-7,12-16H,4-5,8-11H2,1-3H3,(H2,22,25)(H,23,26)/t12?,13-,14+,15?,16?/m0/s1. The van der Waals surface area contributed by atoms with Crippen LogP contribution >= 0.6 is 0 Å². The topological polar surface area (TPSA) is 102 Å². The van der Waals surface area contributed by atoms with E-state index in [2.05, 4.69) is 17.5 Å². The Morgan fingerprint density at radius 2 is 1.82 bits per heavy atom. The number of carbonyl (C=O) groups excluding carboxylic acids is 3. The number of likely N-dealkylation sites (tertiary alicyclic amines) is 1. The van der Waals surface area contributed by atoms with Crippen LogP contribution in [0.5, 0.6) is 0 Å². The number of nitrogens with two attached hydrogens (primary N) is 1. The fourth-order valence-electron chi connectivity index (χ4n) is 5.68. The van der Waals surface area contributed by atoms with Gasteiger partial charge in [-0.05, 0) is 63.7 Å². The van der Waals surface area contributed by atoms with E-state index in [4.69, 9.17) is 10.5 Å². The highest BCUT2D eigenvalue weighted by molar-refractivity contribution is 5.89. The largest absolute Gasteiger partial charge is 0.444 e. The highest BCUT2D eigenvalue weighted by Crippen LogP contribution is 2.71. The monoisotopic (exact) mass is 389 g/mol. The average Bonchev–Trinajstić information content (AvgIpc) is 3.01. The molecule has 0 radical (unpaired) electrons. The van der Waals surface area contributed by atoms with Gasteiger partial charge in [-0.1, -0.05) is 12.2 Å². The minimum absolute atomic E-state index is 0.0742. The molecule has 0 aromatic heterocycles. The number of hydrogen-bond acceptors (Lipinski definition) is 4. The van der Waals surface area contributed by atoms with Gasteiger partial charge in [0.2, 0.25) is 11.8 Å². The third-order valence-corrected chi connectivity index (χ3v) is 6.99. The Morgan fingerprint density at radius 3 is 2.39 bits per heavy atom. The summed E-state index contributed by atoms with van der Waals surface area (Å²) >= 11 is 0. The van der Waals surface area contributed by atoms with E-state index >= 15 is 0 Å². The SMILES string of the molecule is CC(C)(C)OC(=O)N1CCCC1CNC(=O)C1C(C(N)=O)[C@@H]2C=C[C@H]1C21CC1. The van der Waals surface area contributed by atoms with Crippen LogP contribution < -0.4 is 11.1 Å². The van der Waals surface area contributed by atoms with Crippen molar-refractivity contribution in [3.63, 3.8) is 0 Å². The minimum atomic E-state index is -0.545. The number of primary amides is 1. The molecule has 5 atom stereocenters. The first kappa shape index (κ1) is 19.3. The van der Waals surface area contributed by atoms with Crippen LogP contribution in [0.4, 0.5) is 4.79 Å². The van der Waals surface area contributed by atoms with E-state index in [1.807, 2.05) is 20.8 Å². The van der Waals surface area contributed by atoms with E-state index < -0.39 is 11.5 Å². The van der Waals surface area contributed by atoms with Crippen LogP contribution in [0, 0.1) is 29.1 Å². The Labute approximate surface area is 166 Å². The van der Waals surface area contributed by atoms with E-state index in [1.54, 1.807) is 4.90 Å². The molecule has 3 N–H and O–H groups in total. The summed E-state index contributed by atoms with van der Waals surface area (Å²) in [5.41, 5.74) is 5.23. The fourth-order valence-corrected chi connectivity index (χ4v) is 5.68. The van der Waals surface area contributed by atoms with E-state index in [-0.39, 0.29) is 47.1 Å². The van der Waals surface area contributed by atoms with Gasteiger partial charge in [-0.2, -0.15) is 0 Å². The molecule has 7 nitrogen and oxygen atoms in total. The molecular weight excluding hydrogens is 358 g/mol. The molecule has 1 aliphatic heterocycles. The van der Waals surface area contributed by atoms with Crippen LogP contribution in [0.25, 0.3) is 0 Å². The van der Waals surface area contributed by atoms with E-state index in [9.17, 15) is 14.4 Å². The molecule has 2 bridgehead atoms. The van der Waals surface area contributed by atoms with Crippen molar-refractivity contribution in [1.29, 1.82) is 0 Å². The molecule has 3 unspecified atom stereocenters. The van der Waals surface area contributed by atoms with Gasteiger partial charge in [0, 0.05) is 13.1 Å². The van der Waals surface area contributed by atoms with Gasteiger partial charge in [0.25, 0.3) is 0 Å². The van der Waals surface area contributed by atoms with Crippen LogP contribution in [-0.4, -0.2) is 47.5 Å². The lowest BCUT2D eigenvalue weighted by Crippen LogP contribution is -2.48. The van der Waals surface area contributed by atoms with Crippen molar-refractivity contribution in [1.82, 2.24) is 10.2 Å². The molecule has 4 rings (SSSR count). The zero-order valence-corrected chi connectivity index (χ0v) is 16.9. The molecule has 3 aliphatic carbocycles. The van der Waals surface area contributed by atoms with Gasteiger partial charge in [-0.15, -0.1) is 0 Å². The Balaban J connectivity index is 1.40. The Bertz CT molecular complexity index is 722. The number of allylic oxidation sites excluding steroid dienone is 2. The summed E-state index contributed by atoms with van der Waals surface area (Å²) in [5, 5.41) is 3.02. The van der Waals surface area contributed by atoms with Crippen molar-refractivity contribution >= 4 is 17.9 Å². The van der Waals surface area contributed by atoms with Gasteiger partial charge in [-0.3, -0.25) is 9.59 Å². The summed E-state index contributed by atoms with van der Waals surface area (Å²) in [4.78, 5) is 39.3. The van der Waals surface area contributed by atoms with Crippen LogP contribution in [0.1, 0.15) is 46.5 Å². The molecule has 28 heavy (non-hydrogen) atoms. The maximum absolute atomic E-state index is 13.0. The van der Waals surface area contributed by atoms with E-state index in [1.165, 1.54) is 0 Å². The fraction of sp³-hybridized carbons (Fsp3) is 0.762. The molecular formula is C21H31N3O4. The van der Waals surface area contributed by atoms with Gasteiger partial charge in [0.15, 0.2) is 0 Å². The first-order valence-corrected chi connectivity index (χ1v) is 10.4. The van der Waals surface area contributed by atoms with Crippen molar-refractivity contribution in [3.8, 4) is 0 Å². The normalized spacial score (nSPS) is 34.7. The van der Waals surface area contributed by atoms with Gasteiger partial charge in [-0.25, -0.2) is 4.79 Å². The lowest BCUT2D eigenvalue weighted by molar-refractivity contribution is -0.133. The number of hydrogen-bond donors (Lipinski definition) is 2. The highest BCUT2D eigenvalue weighted by Gasteiger charge is 2.69. The molecule has 3 fully saturated rings. The van der Waals surface area contributed by atoms with Crippen LogP contribution in [-0.2, 0) is 14.3 Å². The summed E-state index contributed by atoms with van der Waals surface area (Å²) in [6.07, 6.45) is 7.74. The highest BCUT2D eigenvalue weighted by atomic mass is 16.6. The molecule has 1 heterocycles. The molecule has 3 amide bonds. The molecule has 1 saturated heterocycles. The summed E-state index contributed by atoms with van der Waals surface area (Å²) in [5.74, 6) is -1.06. The maximum Gasteiger partial charge on any atom is 0.410 e. The molecule has 2 saturated carbocycles. The van der Waals surface area contributed by atoms with Crippen molar-refractivity contribution in [2.45, 2.75) is 58.1 Å². The Kier molecular flexibility index (Phi) is 4.47. The van der Waals surface area contributed by atoms with Crippen LogP contribution in [0.3, 0.4) is 0 Å². The Hall–Kier alpha value is -2.05. The number of carbonyl (C=O) groups is 3. The van der Waals surface area contributed by atoms with Crippen LogP contribution in [0.15, 0.2) is 12.2 Å². The number of rotatable bonds is 4. The molecule has 7 heteroatoms. The lowest BCUT2D eigenvalue weighted by Gasteiger charge is -2.30. The van der Waals surface area contributed by atoms with Crippen molar-refractivity contribution < 1.29 is 19.1 Å². The molecule has 154 valence electrons. The average molecular weight is 389 g/mol. The first-order chi connectivity index (χ1) is 13.1. The van der Waals surface area contributed by atoms with E-state index in [0.717, 1.165) is 25.7 Å². The smallest absolute Gasteiger partial charge is 0.410 e. The van der Waals surface area contributed by atoms with E-state index in [0.29, 0.717) is 13.1 Å². The van der Waals surface area contributed by atoms with Gasteiger partial charge >= 0.3 is 6.09 Å². The van der Waals surface area contributed by atoms with Crippen molar-refractivity contribution in [2.24, 2.45) is 34.8 Å². The van der Waals surface area contributed by atoms with Crippen LogP contribution in [0.2, 0.25) is 0 Å². The predicted octanol–water partition coefficient (Wildman–Crippen LogP) is 1.82. The third kappa shape index (κ3) is 3.08. The quantitative estimate of drug-likeness (QED) is 0.716. The summed E-state index contributed by atoms with van der Waals surface area (Å²) in [6.45, 7) is 6.56. The van der Waals surface area contributed by atoms with Crippen molar-refractivity contribution in [3.05, 3.63) is 12.2 Å². The number of ether oxygens (including phenoxy) is 1. The molecule has 0 aromatic carbocycles. The predicted molar refractivity (Wildman–Crippen MR) is 103 cm³/mol. The number of amides is 3. The molecule has 4 aliphatic rings. The summed E-state index contributed by atoms with van der Waals surface area (Å²) in [6, 6.07) is -0.0742. The molecule has 1 spiro atoms. The Morgan fingerprint density at radius 1 is 1.18 bits per heavy atom. The lowest BCUT2D eigenvalue weighted by atomic mass is 9.82. The molecule has 0 aromatic rings. The zero-order chi connectivity index (χ0) is 20.3. The first-order valence-electron chi connectivity index (χ1n) is 10.4. The second-order valence-electron chi connectivity index (χ2n) is 9.84. The second-order valence-corrected chi connectivity index (χ2v) is 9.84. The second kappa shape index (κ2) is 6.49. The van der Waals surface area contributed by atoms with Gasteiger partial charge in [0.05, 0.1) is 17.9 Å². The third-order valence-electron chi connectivity index (χ3n) is 6.99. The summed E-state index contributed by atoms with van der Waals surface area (Å²) < 4.78 is 5.49. The number of nitrogens with zero attached hydrogens (tertiary/aromatic N) is 1. The summed E-state index contributed by atoms with van der Waals surface area (Å²) in [7, 11) is 0. The zero-order valence-electron chi connectivity index (χ0n) is 16.9. The van der Waals surface area contributed by atoms with Crippen molar-refractivity contribution in [2.75, 3.05) is 13.1 Å². The maximum atomic E-state index is 13.0. The van der Waals surface area contributed by atoms with Gasteiger partial charge in [0.1, 0.15) is 5.60 Å². The minimum Gasteiger partial charge on any atom is -0.444 e. The number of nitrogens with one attached hydrogen (secondary N) is 1.